The molecule has 0 atom stereocenters. The Labute approximate surface area is 140 Å². The molecule has 0 radical (unpaired) electrons. The van der Waals surface area contributed by atoms with E-state index in [0.29, 0.717) is 36.2 Å². The van der Waals surface area contributed by atoms with Crippen LogP contribution in [0.4, 0.5) is 13.2 Å². The number of piperidine rings is 1. The van der Waals surface area contributed by atoms with Crippen LogP contribution in [0.5, 0.6) is 0 Å². The molecule has 1 fully saturated rings. The topological polar surface area (TPSA) is 73.0 Å². The summed E-state index contributed by atoms with van der Waals surface area (Å²) in [6.45, 7) is 0.648. The SMILES string of the molecule is Cn1c(C(F)(F)F)nn(C2CCN(C(=O)c3ccccn3)CC2)c1=O. The minimum absolute atomic E-state index is 0.233. The van der Waals surface area contributed by atoms with Crippen LogP contribution in [-0.4, -0.2) is 43.2 Å². The van der Waals surface area contributed by atoms with Crippen molar-refractivity contribution in [2.45, 2.75) is 25.1 Å². The zero-order valence-electron chi connectivity index (χ0n) is 13.4. The maximum atomic E-state index is 12.9. The number of hydrogen-bond acceptors (Lipinski definition) is 4. The molecule has 134 valence electrons. The highest BCUT2D eigenvalue weighted by molar-refractivity contribution is 5.92. The summed E-state index contributed by atoms with van der Waals surface area (Å²) in [6, 6.07) is 4.55. The molecule has 2 aromatic heterocycles. The predicted molar refractivity (Wildman–Crippen MR) is 80.9 cm³/mol. The van der Waals surface area contributed by atoms with Gasteiger partial charge in [-0.3, -0.25) is 14.3 Å². The quantitative estimate of drug-likeness (QED) is 0.818. The van der Waals surface area contributed by atoms with Gasteiger partial charge in [-0.15, -0.1) is 5.10 Å². The van der Waals surface area contributed by atoms with Gasteiger partial charge in [-0.05, 0) is 25.0 Å². The second-order valence-corrected chi connectivity index (χ2v) is 5.85. The van der Waals surface area contributed by atoms with Crippen LogP contribution in [0.25, 0.3) is 0 Å². The second-order valence-electron chi connectivity index (χ2n) is 5.85. The number of aromatic nitrogens is 4. The van der Waals surface area contributed by atoms with Crippen molar-refractivity contribution in [1.29, 1.82) is 0 Å². The van der Waals surface area contributed by atoms with Gasteiger partial charge in [-0.25, -0.2) is 9.48 Å². The van der Waals surface area contributed by atoms with Gasteiger partial charge in [-0.1, -0.05) is 6.07 Å². The number of carbonyl (C=O) groups is 1. The van der Waals surface area contributed by atoms with Gasteiger partial charge in [0.15, 0.2) is 0 Å². The molecule has 1 saturated heterocycles. The number of nitrogens with zero attached hydrogens (tertiary/aromatic N) is 5. The fourth-order valence-corrected chi connectivity index (χ4v) is 2.91. The third-order valence-electron chi connectivity index (χ3n) is 4.24. The Bertz CT molecular complexity index is 820. The molecule has 1 aliphatic heterocycles. The van der Waals surface area contributed by atoms with E-state index in [0.717, 1.165) is 11.7 Å². The van der Waals surface area contributed by atoms with E-state index in [1.165, 1.54) is 6.20 Å². The second kappa shape index (κ2) is 6.34. The van der Waals surface area contributed by atoms with Crippen molar-refractivity contribution in [3.8, 4) is 0 Å². The first-order chi connectivity index (χ1) is 11.8. The molecule has 0 aromatic carbocycles. The highest BCUT2D eigenvalue weighted by atomic mass is 19.4. The molecule has 0 unspecified atom stereocenters. The van der Waals surface area contributed by atoms with Gasteiger partial charge in [0.05, 0.1) is 6.04 Å². The van der Waals surface area contributed by atoms with E-state index < -0.39 is 23.7 Å². The molecule has 1 amide bonds. The van der Waals surface area contributed by atoms with Crippen LogP contribution < -0.4 is 5.69 Å². The molecule has 25 heavy (non-hydrogen) atoms. The average Bonchev–Trinajstić information content (AvgIpc) is 2.91. The van der Waals surface area contributed by atoms with Gasteiger partial charge in [0, 0.05) is 26.3 Å². The molecule has 0 bridgehead atoms. The minimum atomic E-state index is -4.69. The summed E-state index contributed by atoms with van der Waals surface area (Å²) < 4.78 is 40.0. The van der Waals surface area contributed by atoms with Crippen molar-refractivity contribution in [3.63, 3.8) is 0 Å². The number of pyridine rings is 1. The lowest BCUT2D eigenvalue weighted by Gasteiger charge is -2.31. The molecule has 7 nitrogen and oxygen atoms in total. The molecule has 2 aromatic rings. The zero-order valence-corrected chi connectivity index (χ0v) is 13.4. The lowest BCUT2D eigenvalue weighted by atomic mass is 10.0. The molecular formula is C15H16F3N5O2. The third kappa shape index (κ3) is 3.28. The summed E-state index contributed by atoms with van der Waals surface area (Å²) in [5, 5.41) is 3.46. The van der Waals surface area contributed by atoms with E-state index in [9.17, 15) is 22.8 Å². The van der Waals surface area contributed by atoms with Gasteiger partial charge in [0.1, 0.15) is 5.69 Å². The van der Waals surface area contributed by atoms with Crippen molar-refractivity contribution >= 4 is 5.91 Å². The first-order valence-corrected chi connectivity index (χ1v) is 7.72. The molecule has 1 aliphatic rings. The van der Waals surface area contributed by atoms with Gasteiger partial charge in [0.25, 0.3) is 5.91 Å². The summed E-state index contributed by atoms with van der Waals surface area (Å²) in [5.74, 6) is -1.45. The van der Waals surface area contributed by atoms with E-state index in [1.54, 1.807) is 23.1 Å². The molecule has 3 heterocycles. The van der Waals surface area contributed by atoms with Crippen LogP contribution in [0.15, 0.2) is 29.2 Å². The van der Waals surface area contributed by atoms with Crippen LogP contribution in [0.1, 0.15) is 35.2 Å². The Kier molecular flexibility index (Phi) is 4.36. The van der Waals surface area contributed by atoms with E-state index in [1.807, 2.05) is 0 Å². The van der Waals surface area contributed by atoms with Crippen molar-refractivity contribution in [3.05, 3.63) is 46.4 Å². The minimum Gasteiger partial charge on any atom is -0.337 e. The van der Waals surface area contributed by atoms with Crippen molar-refractivity contribution in [2.24, 2.45) is 7.05 Å². The molecule has 10 heteroatoms. The smallest absolute Gasteiger partial charge is 0.337 e. The Balaban J connectivity index is 1.73. The van der Waals surface area contributed by atoms with Crippen LogP contribution in [0.2, 0.25) is 0 Å². The standard InChI is InChI=1S/C15H16F3N5O2/c1-21-13(15(16,17)18)20-23(14(21)25)10-5-8-22(9-6-10)12(24)11-4-2-3-7-19-11/h2-4,7,10H,5-6,8-9H2,1H3. The summed E-state index contributed by atoms with van der Waals surface area (Å²) >= 11 is 0. The monoisotopic (exact) mass is 355 g/mol. The van der Waals surface area contributed by atoms with Crippen LogP contribution in [0, 0.1) is 0 Å². The van der Waals surface area contributed by atoms with Gasteiger partial charge in [0.2, 0.25) is 5.82 Å². The molecular weight excluding hydrogens is 339 g/mol. The normalized spacial score (nSPS) is 16.2. The van der Waals surface area contributed by atoms with Crippen LogP contribution >= 0.6 is 0 Å². The van der Waals surface area contributed by atoms with Crippen molar-refractivity contribution < 1.29 is 18.0 Å². The molecule has 0 N–H and O–H groups in total. The van der Waals surface area contributed by atoms with Gasteiger partial charge in [-0.2, -0.15) is 13.2 Å². The summed E-state index contributed by atoms with van der Waals surface area (Å²) in [5.41, 5.74) is -0.489. The largest absolute Gasteiger partial charge is 0.451 e. The number of likely N-dealkylation sites (tertiary alicyclic amines) is 1. The number of rotatable bonds is 2. The average molecular weight is 355 g/mol. The van der Waals surface area contributed by atoms with Crippen LogP contribution in [0.3, 0.4) is 0 Å². The molecule has 0 aliphatic carbocycles. The summed E-state index contributed by atoms with van der Waals surface area (Å²) in [4.78, 5) is 30.0. The number of alkyl halides is 3. The Morgan fingerprint density at radius 2 is 1.92 bits per heavy atom. The Morgan fingerprint density at radius 1 is 1.24 bits per heavy atom. The lowest BCUT2D eigenvalue weighted by Crippen LogP contribution is -2.41. The summed E-state index contributed by atoms with van der Waals surface area (Å²) in [7, 11) is 1.05. The molecule has 0 spiro atoms. The Hall–Kier alpha value is -2.65. The van der Waals surface area contributed by atoms with Gasteiger partial charge < -0.3 is 4.90 Å². The third-order valence-corrected chi connectivity index (χ3v) is 4.24. The number of amides is 1. The number of carbonyl (C=O) groups excluding carboxylic acids is 1. The zero-order chi connectivity index (χ0) is 18.2. The highest BCUT2D eigenvalue weighted by Crippen LogP contribution is 2.28. The molecule has 0 saturated carbocycles. The highest BCUT2D eigenvalue weighted by Gasteiger charge is 2.39. The molecule has 3 rings (SSSR count). The van der Waals surface area contributed by atoms with E-state index >= 15 is 0 Å². The fraction of sp³-hybridized carbons (Fsp3) is 0.467. The van der Waals surface area contributed by atoms with Gasteiger partial charge >= 0.3 is 11.9 Å². The maximum Gasteiger partial charge on any atom is 0.451 e. The summed E-state index contributed by atoms with van der Waals surface area (Å²) in [6.07, 6.45) is -2.46. The first-order valence-electron chi connectivity index (χ1n) is 7.72. The van der Waals surface area contributed by atoms with Crippen LogP contribution in [-0.2, 0) is 13.2 Å². The maximum absolute atomic E-state index is 12.9. The van der Waals surface area contributed by atoms with Crippen molar-refractivity contribution in [1.82, 2.24) is 24.2 Å². The van der Waals surface area contributed by atoms with E-state index in [2.05, 4.69) is 10.1 Å². The van der Waals surface area contributed by atoms with Crippen molar-refractivity contribution in [2.75, 3.05) is 13.1 Å². The first kappa shape index (κ1) is 17.2. The Morgan fingerprint density at radius 3 is 2.44 bits per heavy atom. The fourth-order valence-electron chi connectivity index (χ4n) is 2.91. The number of halogens is 3. The number of hydrogen-bond donors (Lipinski definition) is 0. The van der Waals surface area contributed by atoms with E-state index in [-0.39, 0.29) is 5.91 Å². The van der Waals surface area contributed by atoms with E-state index in [4.69, 9.17) is 0 Å². The lowest BCUT2D eigenvalue weighted by molar-refractivity contribution is -0.147. The predicted octanol–water partition coefficient (Wildman–Crippen LogP) is 1.47.